The summed E-state index contributed by atoms with van der Waals surface area (Å²) >= 11 is 0. The fraction of sp³-hybridized carbons (Fsp3) is 0.667. The molecule has 0 aliphatic heterocycles. The van der Waals surface area contributed by atoms with Crippen LogP contribution in [0.1, 0.15) is 43.1 Å². The lowest BCUT2D eigenvalue weighted by atomic mass is 9.98. The Morgan fingerprint density at radius 2 is 2.00 bits per heavy atom. The summed E-state index contributed by atoms with van der Waals surface area (Å²) in [5.41, 5.74) is 0.397. The van der Waals surface area contributed by atoms with E-state index < -0.39 is 0 Å². The number of rotatable bonds is 7. The van der Waals surface area contributed by atoms with Gasteiger partial charge in [-0.05, 0) is 50.4 Å². The van der Waals surface area contributed by atoms with E-state index in [4.69, 9.17) is 0 Å². The standard InChI is InChI=1S/C15H22N4O/c1-2-17-14-9-16-8-13(19-14)15(20)18-7-12(10-3-4-10)11-5-6-11/h8-12H,2-7H2,1H3,(H,17,19)(H,18,20). The van der Waals surface area contributed by atoms with Crippen molar-refractivity contribution in [1.29, 1.82) is 0 Å². The number of carbonyl (C=O) groups excluding carboxylic acids is 1. The Labute approximate surface area is 119 Å². The fourth-order valence-electron chi connectivity index (χ4n) is 2.81. The van der Waals surface area contributed by atoms with E-state index in [0.29, 0.717) is 17.4 Å². The number of hydrogen-bond acceptors (Lipinski definition) is 4. The van der Waals surface area contributed by atoms with Crippen molar-refractivity contribution in [3.05, 3.63) is 18.1 Å². The van der Waals surface area contributed by atoms with Crippen molar-refractivity contribution in [2.24, 2.45) is 17.8 Å². The lowest BCUT2D eigenvalue weighted by molar-refractivity contribution is 0.0938. The van der Waals surface area contributed by atoms with E-state index in [-0.39, 0.29) is 5.91 Å². The Morgan fingerprint density at radius 1 is 1.30 bits per heavy atom. The highest BCUT2D eigenvalue weighted by Crippen LogP contribution is 2.48. The van der Waals surface area contributed by atoms with Gasteiger partial charge in [-0.1, -0.05) is 0 Å². The van der Waals surface area contributed by atoms with Gasteiger partial charge in [0.25, 0.3) is 5.91 Å². The molecule has 2 aliphatic rings. The number of nitrogens with zero attached hydrogens (tertiary/aromatic N) is 2. The first kappa shape index (κ1) is 13.3. The number of anilines is 1. The van der Waals surface area contributed by atoms with Crippen LogP contribution in [0, 0.1) is 17.8 Å². The molecule has 0 saturated heterocycles. The zero-order valence-corrected chi connectivity index (χ0v) is 11.9. The predicted octanol–water partition coefficient (Wildman–Crippen LogP) is 2.07. The molecule has 1 heterocycles. The molecule has 0 atom stereocenters. The van der Waals surface area contributed by atoms with Gasteiger partial charge in [0, 0.05) is 13.1 Å². The number of carbonyl (C=O) groups is 1. The highest BCUT2D eigenvalue weighted by Gasteiger charge is 2.41. The van der Waals surface area contributed by atoms with Gasteiger partial charge in [0.2, 0.25) is 0 Å². The first-order valence-electron chi connectivity index (χ1n) is 7.62. The molecule has 2 fully saturated rings. The zero-order chi connectivity index (χ0) is 13.9. The molecule has 1 aromatic heterocycles. The van der Waals surface area contributed by atoms with Gasteiger partial charge in [-0.15, -0.1) is 0 Å². The fourth-order valence-corrected chi connectivity index (χ4v) is 2.81. The predicted molar refractivity (Wildman–Crippen MR) is 77.5 cm³/mol. The molecule has 0 bridgehead atoms. The monoisotopic (exact) mass is 274 g/mol. The summed E-state index contributed by atoms with van der Waals surface area (Å²) < 4.78 is 0. The molecule has 5 heteroatoms. The summed E-state index contributed by atoms with van der Waals surface area (Å²) in [6.07, 6.45) is 8.52. The van der Waals surface area contributed by atoms with Crippen LogP contribution in [0.4, 0.5) is 5.82 Å². The third-order valence-corrected chi connectivity index (χ3v) is 4.18. The van der Waals surface area contributed by atoms with E-state index in [9.17, 15) is 4.79 Å². The average Bonchev–Trinajstić information content (AvgIpc) is 3.33. The van der Waals surface area contributed by atoms with Gasteiger partial charge in [0.15, 0.2) is 0 Å². The Bertz CT molecular complexity index is 471. The van der Waals surface area contributed by atoms with E-state index in [1.807, 2.05) is 6.92 Å². The molecular formula is C15H22N4O. The van der Waals surface area contributed by atoms with Gasteiger partial charge < -0.3 is 10.6 Å². The number of hydrogen-bond donors (Lipinski definition) is 2. The molecule has 0 unspecified atom stereocenters. The van der Waals surface area contributed by atoms with Gasteiger partial charge >= 0.3 is 0 Å². The second kappa shape index (κ2) is 5.77. The van der Waals surface area contributed by atoms with Crippen molar-refractivity contribution >= 4 is 11.7 Å². The smallest absolute Gasteiger partial charge is 0.271 e. The molecule has 20 heavy (non-hydrogen) atoms. The Balaban J connectivity index is 1.56. The average molecular weight is 274 g/mol. The van der Waals surface area contributed by atoms with Gasteiger partial charge in [-0.25, -0.2) is 4.98 Å². The van der Waals surface area contributed by atoms with E-state index in [1.165, 1.54) is 31.9 Å². The summed E-state index contributed by atoms with van der Waals surface area (Å²) in [7, 11) is 0. The van der Waals surface area contributed by atoms with Crippen molar-refractivity contribution in [2.75, 3.05) is 18.4 Å². The van der Waals surface area contributed by atoms with Gasteiger partial charge in [0.1, 0.15) is 11.5 Å². The van der Waals surface area contributed by atoms with Crippen molar-refractivity contribution in [3.8, 4) is 0 Å². The summed E-state index contributed by atoms with van der Waals surface area (Å²) in [6.45, 7) is 3.55. The van der Waals surface area contributed by atoms with Crippen molar-refractivity contribution in [1.82, 2.24) is 15.3 Å². The number of aromatic nitrogens is 2. The van der Waals surface area contributed by atoms with E-state index in [1.54, 1.807) is 6.20 Å². The SMILES string of the molecule is CCNc1cncc(C(=O)NCC(C2CC2)C2CC2)n1. The minimum Gasteiger partial charge on any atom is -0.369 e. The summed E-state index contributed by atoms with van der Waals surface area (Å²) in [4.78, 5) is 20.5. The molecule has 3 rings (SSSR count). The van der Waals surface area contributed by atoms with Crippen molar-refractivity contribution < 1.29 is 4.79 Å². The van der Waals surface area contributed by atoms with Crippen LogP contribution in [-0.2, 0) is 0 Å². The van der Waals surface area contributed by atoms with Crippen LogP contribution in [0.15, 0.2) is 12.4 Å². The summed E-state index contributed by atoms with van der Waals surface area (Å²) in [5.74, 6) is 2.93. The second-order valence-electron chi connectivity index (χ2n) is 5.87. The molecule has 2 aliphatic carbocycles. The lowest BCUT2D eigenvalue weighted by Crippen LogP contribution is -2.31. The highest BCUT2D eigenvalue weighted by molar-refractivity contribution is 5.92. The zero-order valence-electron chi connectivity index (χ0n) is 11.9. The molecule has 1 amide bonds. The van der Waals surface area contributed by atoms with Crippen molar-refractivity contribution in [3.63, 3.8) is 0 Å². The maximum absolute atomic E-state index is 12.2. The van der Waals surface area contributed by atoms with Crippen LogP contribution >= 0.6 is 0 Å². The Kier molecular flexibility index (Phi) is 3.85. The van der Waals surface area contributed by atoms with Crippen LogP contribution in [-0.4, -0.2) is 29.0 Å². The maximum atomic E-state index is 12.2. The largest absolute Gasteiger partial charge is 0.369 e. The minimum absolute atomic E-state index is 0.108. The molecule has 0 aromatic carbocycles. The quantitative estimate of drug-likeness (QED) is 0.799. The third kappa shape index (κ3) is 3.26. The molecular weight excluding hydrogens is 252 g/mol. The molecule has 2 N–H and O–H groups in total. The van der Waals surface area contributed by atoms with Crippen LogP contribution in [0.5, 0.6) is 0 Å². The highest BCUT2D eigenvalue weighted by atomic mass is 16.1. The summed E-state index contributed by atoms with van der Waals surface area (Å²) in [5, 5.41) is 6.11. The first-order valence-corrected chi connectivity index (χ1v) is 7.62. The van der Waals surface area contributed by atoms with Crippen LogP contribution in [0.25, 0.3) is 0 Å². The minimum atomic E-state index is -0.108. The lowest BCUT2D eigenvalue weighted by Gasteiger charge is -2.16. The maximum Gasteiger partial charge on any atom is 0.271 e. The molecule has 2 saturated carbocycles. The van der Waals surface area contributed by atoms with Crippen LogP contribution in [0.2, 0.25) is 0 Å². The van der Waals surface area contributed by atoms with Gasteiger partial charge in [-0.3, -0.25) is 9.78 Å². The molecule has 0 spiro atoms. The topological polar surface area (TPSA) is 66.9 Å². The normalized spacial score (nSPS) is 18.1. The van der Waals surface area contributed by atoms with Gasteiger partial charge in [-0.2, -0.15) is 0 Å². The van der Waals surface area contributed by atoms with Crippen LogP contribution < -0.4 is 10.6 Å². The molecule has 0 radical (unpaired) electrons. The van der Waals surface area contributed by atoms with E-state index >= 15 is 0 Å². The first-order chi connectivity index (χ1) is 9.78. The van der Waals surface area contributed by atoms with Gasteiger partial charge in [0.05, 0.1) is 12.4 Å². The van der Waals surface area contributed by atoms with Crippen LogP contribution in [0.3, 0.4) is 0 Å². The number of amides is 1. The second-order valence-corrected chi connectivity index (χ2v) is 5.87. The number of nitrogens with one attached hydrogen (secondary N) is 2. The molecule has 108 valence electrons. The molecule has 1 aromatic rings. The van der Waals surface area contributed by atoms with E-state index in [2.05, 4.69) is 20.6 Å². The Hall–Kier alpha value is -1.65. The molecule has 5 nitrogen and oxygen atoms in total. The third-order valence-electron chi connectivity index (χ3n) is 4.18. The summed E-state index contributed by atoms with van der Waals surface area (Å²) in [6, 6.07) is 0. The Morgan fingerprint density at radius 3 is 2.60 bits per heavy atom. The van der Waals surface area contributed by atoms with E-state index in [0.717, 1.165) is 24.9 Å². The van der Waals surface area contributed by atoms with Crippen molar-refractivity contribution in [2.45, 2.75) is 32.6 Å².